The summed E-state index contributed by atoms with van der Waals surface area (Å²) < 4.78 is 25.2. The van der Waals surface area contributed by atoms with Gasteiger partial charge in [0.1, 0.15) is 0 Å². The average molecular weight is 350 g/mol. The highest BCUT2D eigenvalue weighted by atomic mass is 32.2. The third-order valence-electron chi connectivity index (χ3n) is 4.02. The highest BCUT2D eigenvalue weighted by molar-refractivity contribution is 7.91. The van der Waals surface area contributed by atoms with Gasteiger partial charge in [-0.3, -0.25) is 4.99 Å². The molecule has 1 aromatic carbocycles. The molecule has 0 aromatic heterocycles. The first kappa shape index (κ1) is 18.5. The van der Waals surface area contributed by atoms with Gasteiger partial charge in [-0.15, -0.1) is 0 Å². The standard InChI is InChI=1S/C18H27N3O2S/c1-3-15(14-24(22,23)17-12-6-5-7-13-17)20-18(19-4-2)21-16-10-8-9-11-16/h5-9,12-13,15-16H,3-4,10-11,14H2,1-2H3,(H2,19,20,21). The van der Waals surface area contributed by atoms with Crippen molar-refractivity contribution in [1.82, 2.24) is 10.6 Å². The number of hydrogen-bond donors (Lipinski definition) is 2. The number of nitrogens with one attached hydrogen (secondary N) is 2. The molecular formula is C18H27N3O2S. The van der Waals surface area contributed by atoms with E-state index in [1.807, 2.05) is 19.9 Å². The monoisotopic (exact) mass is 349 g/mol. The van der Waals surface area contributed by atoms with E-state index in [9.17, 15) is 8.42 Å². The smallest absolute Gasteiger partial charge is 0.191 e. The van der Waals surface area contributed by atoms with Crippen LogP contribution in [-0.4, -0.2) is 38.8 Å². The number of aliphatic imine (C=N–C) groups is 1. The maximum absolute atomic E-state index is 12.6. The van der Waals surface area contributed by atoms with Crippen molar-refractivity contribution in [2.45, 2.75) is 50.1 Å². The number of nitrogens with zero attached hydrogens (tertiary/aromatic N) is 1. The molecule has 0 heterocycles. The molecule has 0 fully saturated rings. The van der Waals surface area contributed by atoms with Crippen LogP contribution in [0.4, 0.5) is 0 Å². The lowest BCUT2D eigenvalue weighted by Crippen LogP contribution is -2.48. The van der Waals surface area contributed by atoms with Gasteiger partial charge in [-0.1, -0.05) is 37.3 Å². The van der Waals surface area contributed by atoms with Crippen molar-refractivity contribution in [2.75, 3.05) is 12.3 Å². The van der Waals surface area contributed by atoms with Crippen LogP contribution in [0.15, 0.2) is 52.4 Å². The second-order valence-corrected chi connectivity index (χ2v) is 7.99. The molecule has 0 spiro atoms. The van der Waals surface area contributed by atoms with Gasteiger partial charge in [0.15, 0.2) is 15.8 Å². The summed E-state index contributed by atoms with van der Waals surface area (Å²) in [6.45, 7) is 4.61. The van der Waals surface area contributed by atoms with Gasteiger partial charge in [0.05, 0.1) is 10.6 Å². The van der Waals surface area contributed by atoms with Gasteiger partial charge in [0.25, 0.3) is 0 Å². The topological polar surface area (TPSA) is 70.6 Å². The second-order valence-electron chi connectivity index (χ2n) is 5.95. The fourth-order valence-electron chi connectivity index (χ4n) is 2.66. The zero-order valence-electron chi connectivity index (χ0n) is 14.4. The zero-order valence-corrected chi connectivity index (χ0v) is 15.2. The third kappa shape index (κ3) is 5.37. The summed E-state index contributed by atoms with van der Waals surface area (Å²) >= 11 is 0. The van der Waals surface area contributed by atoms with Crippen LogP contribution in [0, 0.1) is 0 Å². The van der Waals surface area contributed by atoms with E-state index >= 15 is 0 Å². The Labute approximate surface area is 145 Å². The molecule has 1 unspecified atom stereocenters. The summed E-state index contributed by atoms with van der Waals surface area (Å²) in [6.07, 6.45) is 6.96. The van der Waals surface area contributed by atoms with Crippen LogP contribution in [0.3, 0.4) is 0 Å². The van der Waals surface area contributed by atoms with Crippen LogP contribution in [0.1, 0.15) is 33.1 Å². The maximum Gasteiger partial charge on any atom is 0.191 e. The van der Waals surface area contributed by atoms with Crippen LogP contribution in [-0.2, 0) is 9.84 Å². The first-order valence-electron chi connectivity index (χ1n) is 8.55. The van der Waals surface area contributed by atoms with Gasteiger partial charge in [-0.25, -0.2) is 8.42 Å². The van der Waals surface area contributed by atoms with E-state index in [1.54, 1.807) is 24.3 Å². The minimum atomic E-state index is -3.32. The minimum absolute atomic E-state index is 0.0564. The van der Waals surface area contributed by atoms with Crippen LogP contribution >= 0.6 is 0 Å². The molecule has 1 atom stereocenters. The second kappa shape index (κ2) is 8.87. The van der Waals surface area contributed by atoms with E-state index in [1.165, 1.54) is 0 Å². The fourth-order valence-corrected chi connectivity index (χ4v) is 4.28. The van der Waals surface area contributed by atoms with E-state index in [4.69, 9.17) is 0 Å². The Morgan fingerprint density at radius 3 is 2.46 bits per heavy atom. The minimum Gasteiger partial charge on any atom is -0.353 e. The number of hydrogen-bond acceptors (Lipinski definition) is 3. The summed E-state index contributed by atoms with van der Waals surface area (Å²) in [7, 11) is -3.32. The van der Waals surface area contributed by atoms with Gasteiger partial charge < -0.3 is 10.6 Å². The molecule has 1 aromatic rings. The number of rotatable bonds is 7. The number of guanidine groups is 1. The first-order valence-corrected chi connectivity index (χ1v) is 10.2. The molecule has 5 nitrogen and oxygen atoms in total. The Kier molecular flexibility index (Phi) is 6.85. The van der Waals surface area contributed by atoms with Crippen molar-refractivity contribution in [1.29, 1.82) is 0 Å². The summed E-state index contributed by atoms with van der Waals surface area (Å²) in [4.78, 5) is 4.82. The largest absolute Gasteiger partial charge is 0.353 e. The molecule has 2 N–H and O–H groups in total. The van der Waals surface area contributed by atoms with Crippen LogP contribution in [0.25, 0.3) is 0 Å². The Hall–Kier alpha value is -1.82. The molecule has 132 valence electrons. The van der Waals surface area contributed by atoms with Crippen molar-refractivity contribution >= 4 is 15.8 Å². The SMILES string of the molecule is CCN=C(NC1CC=CC1)NC(CC)CS(=O)(=O)c1ccccc1. The van der Waals surface area contributed by atoms with E-state index in [2.05, 4.69) is 27.8 Å². The van der Waals surface area contributed by atoms with Crippen molar-refractivity contribution in [3.8, 4) is 0 Å². The van der Waals surface area contributed by atoms with Crippen LogP contribution in [0.5, 0.6) is 0 Å². The van der Waals surface area contributed by atoms with E-state index in [-0.39, 0.29) is 11.8 Å². The van der Waals surface area contributed by atoms with Crippen molar-refractivity contribution in [3.05, 3.63) is 42.5 Å². The molecule has 0 bridgehead atoms. The van der Waals surface area contributed by atoms with Crippen molar-refractivity contribution in [3.63, 3.8) is 0 Å². The van der Waals surface area contributed by atoms with Gasteiger partial charge in [0.2, 0.25) is 0 Å². The van der Waals surface area contributed by atoms with Gasteiger partial charge >= 0.3 is 0 Å². The molecule has 0 saturated heterocycles. The van der Waals surface area contributed by atoms with E-state index in [0.717, 1.165) is 12.8 Å². The highest BCUT2D eigenvalue weighted by Crippen LogP contribution is 2.13. The number of benzene rings is 1. The molecule has 0 saturated carbocycles. The van der Waals surface area contributed by atoms with Crippen molar-refractivity contribution in [2.24, 2.45) is 4.99 Å². The Bertz CT molecular complexity index is 661. The Balaban J connectivity index is 2.02. The molecule has 2 rings (SSSR count). The Morgan fingerprint density at radius 1 is 1.21 bits per heavy atom. The molecule has 0 amide bonds. The van der Waals surface area contributed by atoms with E-state index in [0.29, 0.717) is 29.9 Å². The summed E-state index contributed by atoms with van der Waals surface area (Å²) in [6, 6.07) is 8.77. The summed E-state index contributed by atoms with van der Waals surface area (Å²) in [5, 5.41) is 6.68. The predicted molar refractivity (Wildman–Crippen MR) is 99.0 cm³/mol. The molecule has 0 radical (unpaired) electrons. The maximum atomic E-state index is 12.6. The van der Waals surface area contributed by atoms with Crippen LogP contribution < -0.4 is 10.6 Å². The summed E-state index contributed by atoms with van der Waals surface area (Å²) in [5.74, 6) is 0.752. The van der Waals surface area contributed by atoms with Gasteiger partial charge in [-0.2, -0.15) is 0 Å². The molecule has 1 aliphatic carbocycles. The lowest BCUT2D eigenvalue weighted by molar-refractivity contribution is 0.560. The normalized spacial score (nSPS) is 17.0. The predicted octanol–water partition coefficient (Wildman–Crippen LogP) is 2.51. The van der Waals surface area contributed by atoms with Gasteiger partial charge in [-0.05, 0) is 38.3 Å². The quantitative estimate of drug-likeness (QED) is 0.451. The molecular weight excluding hydrogens is 322 g/mol. The lowest BCUT2D eigenvalue weighted by Gasteiger charge is -2.23. The van der Waals surface area contributed by atoms with Gasteiger partial charge in [0, 0.05) is 18.6 Å². The first-order chi connectivity index (χ1) is 11.5. The highest BCUT2D eigenvalue weighted by Gasteiger charge is 2.22. The molecule has 0 aliphatic heterocycles. The average Bonchev–Trinajstić information content (AvgIpc) is 3.08. The number of sulfone groups is 1. The third-order valence-corrected chi connectivity index (χ3v) is 5.85. The van der Waals surface area contributed by atoms with Crippen LogP contribution in [0.2, 0.25) is 0 Å². The molecule has 1 aliphatic rings. The zero-order chi connectivity index (χ0) is 17.4. The molecule has 6 heteroatoms. The Morgan fingerprint density at radius 2 is 1.88 bits per heavy atom. The van der Waals surface area contributed by atoms with E-state index < -0.39 is 9.84 Å². The van der Waals surface area contributed by atoms with Crippen molar-refractivity contribution < 1.29 is 8.42 Å². The fraction of sp³-hybridized carbons (Fsp3) is 0.500. The summed E-state index contributed by atoms with van der Waals surface area (Å²) in [5.41, 5.74) is 0. The lowest BCUT2D eigenvalue weighted by atomic mass is 10.2. The molecule has 24 heavy (non-hydrogen) atoms.